The first-order chi connectivity index (χ1) is 30.5. The van der Waals surface area contributed by atoms with Crippen LogP contribution in [0, 0.1) is 28.6 Å². The molecule has 0 spiro atoms. The summed E-state index contributed by atoms with van der Waals surface area (Å²) in [5, 5.41) is 22.9. The van der Waals surface area contributed by atoms with E-state index in [1.54, 1.807) is 20.5 Å². The SMILES string of the molecule is COc1ccc(C(OC[C@H]2O[C@@H](n3cnc4c(SCCC#N)nc(NCC(C)C)nc43)C[C@@H]2OP(OCCC#N)N(C(C)C)C(C)C)(c2ccccc2)c2ccc(OC)cc2)cc1. The van der Waals surface area contributed by atoms with Gasteiger partial charge in [-0.3, -0.25) is 4.57 Å². The standard InChI is InChI=1S/C47H59N8O6PS/c1-32(2)29-50-46-52-44-43(45(53-46)63-27-13-25-49)51-31-54(44)42-28-40(61-62(59-26-12-24-48)55(33(3)4)34(5)6)41(60-42)30-58-47(35-14-10-9-11-15-35,36-16-20-38(56-7)21-17-36)37-18-22-39(57-8)23-19-37/h9-11,14-23,31-34,40-42H,12-13,26-30H2,1-8H3,(H,50,52,53)/t40-,41+,42+,62?/m0/s1. The van der Waals surface area contributed by atoms with Crippen molar-refractivity contribution in [1.29, 1.82) is 10.5 Å². The molecule has 6 rings (SSSR count). The van der Waals surface area contributed by atoms with E-state index < -0.39 is 32.6 Å². The summed E-state index contributed by atoms with van der Waals surface area (Å²) in [5.41, 5.74) is 2.82. The van der Waals surface area contributed by atoms with Gasteiger partial charge in [-0.1, -0.05) is 68.4 Å². The smallest absolute Gasteiger partial charge is 0.259 e. The van der Waals surface area contributed by atoms with E-state index in [0.29, 0.717) is 53.2 Å². The monoisotopic (exact) mass is 894 g/mol. The van der Waals surface area contributed by atoms with Crippen molar-refractivity contribution < 1.29 is 28.0 Å². The average Bonchev–Trinajstić information content (AvgIpc) is 3.90. The molecule has 63 heavy (non-hydrogen) atoms. The number of benzene rings is 3. The van der Waals surface area contributed by atoms with Crippen molar-refractivity contribution in [3.8, 4) is 23.6 Å². The average molecular weight is 895 g/mol. The largest absolute Gasteiger partial charge is 0.497 e. The van der Waals surface area contributed by atoms with Gasteiger partial charge in [-0.15, -0.1) is 11.8 Å². The number of fused-ring (bicyclic) bond motifs is 1. The molecule has 1 N–H and O–H groups in total. The Labute approximate surface area is 377 Å². The van der Waals surface area contributed by atoms with Gasteiger partial charge in [-0.2, -0.15) is 15.5 Å². The van der Waals surface area contributed by atoms with E-state index in [1.165, 1.54) is 11.8 Å². The number of aromatic nitrogens is 4. The van der Waals surface area contributed by atoms with Crippen LogP contribution >= 0.6 is 20.3 Å². The molecule has 5 aromatic rings. The third kappa shape index (κ3) is 11.5. The lowest BCUT2D eigenvalue weighted by atomic mass is 9.80. The maximum absolute atomic E-state index is 9.47. The molecule has 0 radical (unpaired) electrons. The molecule has 16 heteroatoms. The van der Waals surface area contributed by atoms with E-state index in [0.717, 1.165) is 28.2 Å². The van der Waals surface area contributed by atoms with Crippen LogP contribution < -0.4 is 14.8 Å². The second kappa shape index (κ2) is 22.7. The lowest BCUT2D eigenvalue weighted by Crippen LogP contribution is -2.39. The number of nitriles is 2. The van der Waals surface area contributed by atoms with E-state index >= 15 is 0 Å². The highest BCUT2D eigenvalue weighted by molar-refractivity contribution is 7.99. The molecule has 1 fully saturated rings. The van der Waals surface area contributed by atoms with Gasteiger partial charge in [0.25, 0.3) is 8.53 Å². The van der Waals surface area contributed by atoms with E-state index in [-0.39, 0.29) is 31.7 Å². The molecule has 3 heterocycles. The van der Waals surface area contributed by atoms with Crippen LogP contribution in [0.3, 0.4) is 0 Å². The normalized spacial score (nSPS) is 17.1. The predicted octanol–water partition coefficient (Wildman–Crippen LogP) is 9.87. The molecule has 1 aliphatic heterocycles. The van der Waals surface area contributed by atoms with Crippen LogP contribution in [-0.2, 0) is 24.1 Å². The second-order valence-corrected chi connectivity index (χ2v) is 18.6. The number of methoxy groups -OCH3 is 2. The topological polar surface area (TPSA) is 162 Å². The van der Waals surface area contributed by atoms with Gasteiger partial charge >= 0.3 is 0 Å². The Morgan fingerprint density at radius 2 is 1.49 bits per heavy atom. The van der Waals surface area contributed by atoms with Crippen LogP contribution in [0.15, 0.2) is 90.2 Å². The van der Waals surface area contributed by atoms with E-state index in [9.17, 15) is 10.5 Å². The van der Waals surface area contributed by atoms with Crippen LogP contribution in [0.25, 0.3) is 11.2 Å². The van der Waals surface area contributed by atoms with Gasteiger partial charge < -0.3 is 33.3 Å². The number of imidazole rings is 1. The molecule has 0 bridgehead atoms. The van der Waals surface area contributed by atoms with Gasteiger partial charge in [0.1, 0.15) is 40.0 Å². The first kappa shape index (κ1) is 47.6. The van der Waals surface area contributed by atoms with Crippen molar-refractivity contribution in [3.05, 3.63) is 102 Å². The fraction of sp³-hybridized carbons (Fsp3) is 0.468. The summed E-state index contributed by atoms with van der Waals surface area (Å²) >= 11 is 1.48. The Bertz CT molecular complexity index is 2230. The summed E-state index contributed by atoms with van der Waals surface area (Å²) in [4.78, 5) is 14.6. The molecule has 1 unspecified atom stereocenters. The maximum atomic E-state index is 9.47. The van der Waals surface area contributed by atoms with Gasteiger partial charge in [0.05, 0.1) is 58.4 Å². The maximum Gasteiger partial charge on any atom is 0.259 e. The van der Waals surface area contributed by atoms with Crippen molar-refractivity contribution in [2.75, 3.05) is 45.0 Å². The molecule has 3 aromatic carbocycles. The summed E-state index contributed by atoms with van der Waals surface area (Å²) in [7, 11) is 1.66. The molecule has 0 saturated carbocycles. The zero-order valence-electron chi connectivity index (χ0n) is 37.4. The number of thioether (sulfide) groups is 1. The van der Waals surface area contributed by atoms with Crippen molar-refractivity contribution >= 4 is 37.4 Å². The molecular formula is C47H59N8O6PS. The number of rotatable bonds is 23. The van der Waals surface area contributed by atoms with Crippen LogP contribution in [0.5, 0.6) is 11.5 Å². The minimum Gasteiger partial charge on any atom is -0.497 e. The van der Waals surface area contributed by atoms with Crippen molar-refractivity contribution in [2.45, 2.75) is 102 Å². The van der Waals surface area contributed by atoms with Gasteiger partial charge in [-0.25, -0.2) is 14.6 Å². The van der Waals surface area contributed by atoms with Gasteiger partial charge in [0.2, 0.25) is 5.95 Å². The Morgan fingerprint density at radius 3 is 2.06 bits per heavy atom. The number of nitrogens with one attached hydrogen (secondary N) is 1. The van der Waals surface area contributed by atoms with Gasteiger partial charge in [-0.05, 0) is 74.6 Å². The molecular weight excluding hydrogens is 836 g/mol. The van der Waals surface area contributed by atoms with Gasteiger partial charge in [0, 0.05) is 37.2 Å². The highest BCUT2D eigenvalue weighted by Crippen LogP contribution is 2.51. The molecule has 334 valence electrons. The number of anilines is 1. The van der Waals surface area contributed by atoms with Crippen LogP contribution in [-0.4, -0.2) is 88.2 Å². The third-order valence-electron chi connectivity index (χ3n) is 10.5. The number of nitrogens with zero attached hydrogens (tertiary/aromatic N) is 7. The summed E-state index contributed by atoms with van der Waals surface area (Å²) in [5.74, 6) is 2.86. The third-order valence-corrected chi connectivity index (χ3v) is 13.6. The first-order valence-corrected chi connectivity index (χ1v) is 23.5. The zero-order valence-corrected chi connectivity index (χ0v) is 39.1. The zero-order chi connectivity index (χ0) is 44.9. The van der Waals surface area contributed by atoms with E-state index in [1.807, 2.05) is 71.3 Å². The minimum absolute atomic E-state index is 0.0879. The Morgan fingerprint density at radius 1 is 0.873 bits per heavy atom. The predicted molar refractivity (Wildman–Crippen MR) is 246 cm³/mol. The highest BCUT2D eigenvalue weighted by atomic mass is 32.2. The lowest BCUT2D eigenvalue weighted by molar-refractivity contribution is -0.0912. The highest BCUT2D eigenvalue weighted by Gasteiger charge is 2.45. The molecule has 0 aliphatic carbocycles. The van der Waals surface area contributed by atoms with Crippen LogP contribution in [0.4, 0.5) is 5.95 Å². The summed E-state index contributed by atoms with van der Waals surface area (Å²) in [6.07, 6.45) is 1.08. The fourth-order valence-corrected chi connectivity index (χ4v) is 10.2. The van der Waals surface area contributed by atoms with Crippen molar-refractivity contribution in [1.82, 2.24) is 24.2 Å². The summed E-state index contributed by atoms with van der Waals surface area (Å²) in [6.45, 7) is 13.7. The second-order valence-electron chi connectivity index (χ2n) is 16.1. The molecule has 1 saturated heterocycles. The number of hydrogen-bond donors (Lipinski definition) is 1. The van der Waals surface area contributed by atoms with E-state index in [2.05, 4.69) is 75.8 Å². The summed E-state index contributed by atoms with van der Waals surface area (Å²) in [6, 6.07) is 30.6. The number of hydrogen-bond acceptors (Lipinski definition) is 14. The van der Waals surface area contributed by atoms with Crippen LogP contribution in [0.2, 0.25) is 0 Å². The minimum atomic E-state index is -1.65. The Balaban J connectivity index is 1.45. The van der Waals surface area contributed by atoms with Crippen molar-refractivity contribution in [3.63, 3.8) is 0 Å². The first-order valence-electron chi connectivity index (χ1n) is 21.4. The summed E-state index contributed by atoms with van der Waals surface area (Å²) < 4.78 is 43.4. The molecule has 14 nitrogen and oxygen atoms in total. The molecule has 4 atom stereocenters. The Kier molecular flexibility index (Phi) is 17.2. The van der Waals surface area contributed by atoms with E-state index in [4.69, 9.17) is 42.9 Å². The molecule has 1 aliphatic rings. The fourth-order valence-electron chi connectivity index (χ4n) is 7.59. The lowest BCUT2D eigenvalue weighted by Gasteiger charge is -2.39. The molecule has 2 aromatic heterocycles. The quantitative estimate of drug-likeness (QED) is 0.0217. The number of ether oxygens (including phenoxy) is 4. The van der Waals surface area contributed by atoms with Crippen molar-refractivity contribution in [2.24, 2.45) is 5.92 Å². The van der Waals surface area contributed by atoms with Gasteiger partial charge in [0.15, 0.2) is 5.65 Å². The van der Waals surface area contributed by atoms with Crippen LogP contribution in [0.1, 0.15) is 83.7 Å². The Hall–Kier alpha value is -4.83. The molecule has 0 amide bonds.